The van der Waals surface area contributed by atoms with Gasteiger partial charge in [-0.2, -0.15) is 0 Å². The highest BCUT2D eigenvalue weighted by Crippen LogP contribution is 2.25. The molecule has 2 unspecified atom stereocenters. The number of benzene rings is 1. The number of nitrogens with two attached hydrogens (primary N) is 1. The summed E-state index contributed by atoms with van der Waals surface area (Å²) < 4.78 is 31.3. The molecule has 0 radical (unpaired) electrons. The number of hydrogen-bond acceptors (Lipinski definition) is 7. The molecule has 1 saturated heterocycles. The Morgan fingerprint density at radius 3 is 2.39 bits per heavy atom. The van der Waals surface area contributed by atoms with Crippen molar-refractivity contribution in [1.29, 1.82) is 0 Å². The number of hydrogen-bond donors (Lipinski definition) is 3. The number of carbonyl (C=O) groups is 1. The molecule has 0 amide bonds. The first kappa shape index (κ1) is 24.4. The maximum Gasteiger partial charge on any atom is 0.322 e. The first-order valence-corrected chi connectivity index (χ1v) is 11.1. The van der Waals surface area contributed by atoms with Crippen molar-refractivity contribution in [2.45, 2.75) is 61.7 Å². The SMILES string of the molecule is CCCCCCC(C(=O)O)S(=O)(=O)c1ccc(OC2CCN(C)C2)cc1.NO. The number of aliphatic carboxylic acids is 1. The molecular formula is C19H32N2O6S. The van der Waals surface area contributed by atoms with E-state index in [1.807, 2.05) is 7.05 Å². The van der Waals surface area contributed by atoms with Crippen molar-refractivity contribution >= 4 is 15.8 Å². The fourth-order valence-corrected chi connectivity index (χ4v) is 4.81. The third-order valence-electron chi connectivity index (χ3n) is 4.77. The Morgan fingerprint density at radius 2 is 1.89 bits per heavy atom. The van der Waals surface area contributed by atoms with Gasteiger partial charge in [-0.1, -0.05) is 32.6 Å². The number of sulfone groups is 1. The van der Waals surface area contributed by atoms with Crippen LogP contribution in [0.3, 0.4) is 0 Å². The van der Waals surface area contributed by atoms with Gasteiger partial charge in [0.15, 0.2) is 15.1 Å². The third-order valence-corrected chi connectivity index (χ3v) is 6.89. The minimum atomic E-state index is -3.90. The molecule has 2 rings (SSSR count). The van der Waals surface area contributed by atoms with E-state index in [1.54, 1.807) is 12.1 Å². The summed E-state index contributed by atoms with van der Waals surface area (Å²) >= 11 is 0. The first-order valence-electron chi connectivity index (χ1n) is 9.52. The van der Waals surface area contributed by atoms with Gasteiger partial charge in [-0.15, -0.1) is 0 Å². The van der Waals surface area contributed by atoms with Crippen molar-refractivity contribution in [3.63, 3.8) is 0 Å². The summed E-state index contributed by atoms with van der Waals surface area (Å²) in [7, 11) is -1.87. The van der Waals surface area contributed by atoms with Crippen LogP contribution in [0.2, 0.25) is 0 Å². The normalized spacial score (nSPS) is 18.2. The number of rotatable bonds is 10. The van der Waals surface area contributed by atoms with E-state index in [-0.39, 0.29) is 17.4 Å². The Morgan fingerprint density at radius 1 is 1.25 bits per heavy atom. The lowest BCUT2D eigenvalue weighted by Gasteiger charge is -2.16. The van der Waals surface area contributed by atoms with Crippen LogP contribution in [0.25, 0.3) is 0 Å². The number of likely N-dealkylation sites (tertiary alicyclic amines) is 1. The summed E-state index contributed by atoms with van der Waals surface area (Å²) in [5, 5.41) is 14.5. The average molecular weight is 417 g/mol. The van der Waals surface area contributed by atoms with Crippen LogP contribution in [-0.4, -0.2) is 61.1 Å². The number of likely N-dealkylation sites (N-methyl/N-ethyl adjacent to an activating group) is 1. The quantitative estimate of drug-likeness (QED) is 0.391. The zero-order valence-electron chi connectivity index (χ0n) is 16.6. The van der Waals surface area contributed by atoms with Crippen molar-refractivity contribution in [3.05, 3.63) is 24.3 Å². The van der Waals surface area contributed by atoms with Crippen LogP contribution in [0, 0.1) is 0 Å². The monoisotopic (exact) mass is 416 g/mol. The lowest BCUT2D eigenvalue weighted by Crippen LogP contribution is -2.30. The van der Waals surface area contributed by atoms with Crippen LogP contribution >= 0.6 is 0 Å². The fourth-order valence-electron chi connectivity index (χ4n) is 3.22. The first-order chi connectivity index (χ1) is 13.3. The highest BCUT2D eigenvalue weighted by Gasteiger charge is 2.33. The van der Waals surface area contributed by atoms with Gasteiger partial charge in [0.2, 0.25) is 0 Å². The molecule has 4 N–H and O–H groups in total. The van der Waals surface area contributed by atoms with E-state index in [1.165, 1.54) is 12.1 Å². The van der Waals surface area contributed by atoms with Gasteiger partial charge in [0.05, 0.1) is 4.90 Å². The van der Waals surface area contributed by atoms with Crippen molar-refractivity contribution < 1.29 is 28.3 Å². The molecule has 0 spiro atoms. The maximum absolute atomic E-state index is 12.7. The van der Waals surface area contributed by atoms with Crippen LogP contribution in [0.5, 0.6) is 5.75 Å². The highest BCUT2D eigenvalue weighted by atomic mass is 32.2. The standard InChI is InChI=1S/C19H29NO5S.H3NO/c1-3-4-5-6-7-18(19(21)22)26(23,24)17-10-8-15(9-11-17)25-16-12-13-20(2)14-16;1-2/h8-11,16,18H,3-7,12-14H2,1-2H3,(H,21,22);2H,1H2. The molecule has 1 fully saturated rings. The largest absolute Gasteiger partial charge is 0.489 e. The van der Waals surface area contributed by atoms with E-state index < -0.39 is 21.1 Å². The molecule has 160 valence electrons. The summed E-state index contributed by atoms with van der Waals surface area (Å²) in [4.78, 5) is 13.7. The van der Waals surface area contributed by atoms with Gasteiger partial charge in [-0.25, -0.2) is 14.3 Å². The second kappa shape index (κ2) is 12.0. The molecular weight excluding hydrogens is 384 g/mol. The van der Waals surface area contributed by atoms with Crippen molar-refractivity contribution in [2.24, 2.45) is 5.90 Å². The summed E-state index contributed by atoms with van der Waals surface area (Å²) in [5.74, 6) is 2.83. The third kappa shape index (κ3) is 7.05. The summed E-state index contributed by atoms with van der Waals surface area (Å²) in [6.07, 6.45) is 4.63. The van der Waals surface area contributed by atoms with Crippen molar-refractivity contribution in [2.75, 3.05) is 20.1 Å². The molecule has 1 heterocycles. The van der Waals surface area contributed by atoms with Crippen molar-refractivity contribution in [1.82, 2.24) is 4.90 Å². The Hall–Kier alpha value is -1.68. The Balaban J connectivity index is 0.00000190. The van der Waals surface area contributed by atoms with Gasteiger partial charge >= 0.3 is 5.97 Å². The zero-order valence-corrected chi connectivity index (χ0v) is 17.4. The lowest BCUT2D eigenvalue weighted by atomic mass is 10.1. The molecule has 0 aromatic heterocycles. The van der Waals surface area contributed by atoms with Crippen LogP contribution in [0.15, 0.2) is 29.2 Å². The number of carboxylic acids is 1. The number of ether oxygens (including phenoxy) is 1. The number of nitrogens with zero attached hydrogens (tertiary/aromatic N) is 1. The molecule has 0 saturated carbocycles. The van der Waals surface area contributed by atoms with Crippen LogP contribution in [-0.2, 0) is 14.6 Å². The van der Waals surface area contributed by atoms with E-state index in [0.29, 0.717) is 12.2 Å². The summed E-state index contributed by atoms with van der Waals surface area (Å²) in [6, 6.07) is 6.12. The topological polar surface area (TPSA) is 130 Å². The molecule has 28 heavy (non-hydrogen) atoms. The minimum absolute atomic E-state index is 0.0382. The van der Waals surface area contributed by atoms with Gasteiger partial charge in [-0.05, 0) is 44.2 Å². The van der Waals surface area contributed by atoms with Crippen LogP contribution in [0.4, 0.5) is 0 Å². The minimum Gasteiger partial charge on any atom is -0.489 e. The zero-order chi connectivity index (χ0) is 21.2. The van der Waals surface area contributed by atoms with Gasteiger partial charge in [0, 0.05) is 13.1 Å². The van der Waals surface area contributed by atoms with Gasteiger partial charge in [0.25, 0.3) is 0 Å². The molecule has 1 aromatic rings. The average Bonchev–Trinajstić information content (AvgIpc) is 3.08. The molecule has 8 nitrogen and oxygen atoms in total. The Bertz CT molecular complexity index is 693. The number of carboxylic acid groups (broad SMARTS) is 1. The van der Waals surface area contributed by atoms with Gasteiger partial charge < -0.3 is 20.0 Å². The summed E-state index contributed by atoms with van der Waals surface area (Å²) in [5.41, 5.74) is 0. The second-order valence-corrected chi connectivity index (χ2v) is 9.11. The molecule has 9 heteroatoms. The fraction of sp³-hybridized carbons (Fsp3) is 0.632. The molecule has 1 aliphatic rings. The predicted molar refractivity (Wildman–Crippen MR) is 106 cm³/mol. The Labute approximate surface area is 167 Å². The van der Waals surface area contributed by atoms with Crippen LogP contribution in [0.1, 0.15) is 45.4 Å². The van der Waals surface area contributed by atoms with E-state index in [4.69, 9.17) is 9.94 Å². The van der Waals surface area contributed by atoms with Gasteiger partial charge in [0.1, 0.15) is 11.9 Å². The van der Waals surface area contributed by atoms with E-state index in [0.717, 1.165) is 38.8 Å². The molecule has 0 bridgehead atoms. The number of unbranched alkanes of at least 4 members (excludes halogenated alkanes) is 3. The molecule has 1 aliphatic heterocycles. The van der Waals surface area contributed by atoms with Crippen LogP contribution < -0.4 is 10.6 Å². The van der Waals surface area contributed by atoms with E-state index in [9.17, 15) is 18.3 Å². The molecule has 2 atom stereocenters. The highest BCUT2D eigenvalue weighted by molar-refractivity contribution is 7.92. The molecule has 1 aromatic carbocycles. The van der Waals surface area contributed by atoms with E-state index in [2.05, 4.69) is 17.7 Å². The predicted octanol–water partition coefficient (Wildman–Crippen LogP) is 2.30. The lowest BCUT2D eigenvalue weighted by molar-refractivity contribution is -0.136. The smallest absolute Gasteiger partial charge is 0.322 e. The molecule has 0 aliphatic carbocycles. The summed E-state index contributed by atoms with van der Waals surface area (Å²) in [6.45, 7) is 3.88. The van der Waals surface area contributed by atoms with Gasteiger partial charge in [-0.3, -0.25) is 4.79 Å². The maximum atomic E-state index is 12.7. The second-order valence-electron chi connectivity index (χ2n) is 6.98. The van der Waals surface area contributed by atoms with Crippen molar-refractivity contribution in [3.8, 4) is 5.75 Å². The van der Waals surface area contributed by atoms with E-state index >= 15 is 0 Å². The Kier molecular flexibility index (Phi) is 10.4.